The molecule has 0 spiro atoms. The molecule has 2 aromatic carbocycles. The molecule has 3 nitrogen and oxygen atoms in total. The van der Waals surface area contributed by atoms with Gasteiger partial charge in [0, 0.05) is 16.1 Å². The van der Waals surface area contributed by atoms with Gasteiger partial charge in [-0.15, -0.1) is 0 Å². The van der Waals surface area contributed by atoms with Gasteiger partial charge in [-0.05, 0) is 30.3 Å². The largest absolute Gasteiger partial charge is 0.507 e. The van der Waals surface area contributed by atoms with Gasteiger partial charge in [-0.1, -0.05) is 29.3 Å². The van der Waals surface area contributed by atoms with Crippen LogP contribution in [0.3, 0.4) is 0 Å². The molecule has 0 aromatic heterocycles. The molecule has 0 unspecified atom stereocenters. The van der Waals surface area contributed by atoms with Crippen molar-refractivity contribution in [1.82, 2.24) is 0 Å². The van der Waals surface area contributed by atoms with Gasteiger partial charge in [-0.2, -0.15) is 0 Å². The predicted molar refractivity (Wildman–Crippen MR) is 70.5 cm³/mol. The molecule has 2 N–H and O–H groups in total. The molecule has 2 rings (SSSR count). The fraction of sp³-hybridized carbons (Fsp3) is 0. The maximum Gasteiger partial charge on any atom is 0.335 e. The van der Waals surface area contributed by atoms with Gasteiger partial charge in [0.05, 0.1) is 10.6 Å². The highest BCUT2D eigenvalue weighted by Crippen LogP contribution is 2.36. The van der Waals surface area contributed by atoms with Crippen molar-refractivity contribution >= 4 is 29.2 Å². The van der Waals surface area contributed by atoms with Gasteiger partial charge in [0.25, 0.3) is 0 Å². The zero-order valence-corrected chi connectivity index (χ0v) is 10.5. The molecule has 0 fully saturated rings. The Balaban J connectivity index is 2.54. The SMILES string of the molecule is O=C(O)c1ccc(-c2ccc(Cl)cc2Cl)c(O)c1. The van der Waals surface area contributed by atoms with Crippen LogP contribution in [0.4, 0.5) is 0 Å². The minimum Gasteiger partial charge on any atom is -0.507 e. The summed E-state index contributed by atoms with van der Waals surface area (Å²) in [5, 5.41) is 19.5. The summed E-state index contributed by atoms with van der Waals surface area (Å²) >= 11 is 11.8. The number of aromatic hydroxyl groups is 1. The van der Waals surface area contributed by atoms with Crippen molar-refractivity contribution in [2.75, 3.05) is 0 Å². The molecule has 0 aliphatic heterocycles. The van der Waals surface area contributed by atoms with Crippen LogP contribution in [0.2, 0.25) is 10.0 Å². The maximum absolute atomic E-state index is 10.8. The molecule has 0 atom stereocenters. The standard InChI is InChI=1S/C13H8Cl2O3/c14-8-2-4-9(11(15)6-8)10-3-1-7(13(17)18)5-12(10)16/h1-6,16H,(H,17,18). The first-order valence-corrected chi connectivity index (χ1v) is 5.76. The van der Waals surface area contributed by atoms with Crippen LogP contribution in [0, 0.1) is 0 Å². The summed E-state index contributed by atoms with van der Waals surface area (Å²) < 4.78 is 0. The van der Waals surface area contributed by atoms with Crippen LogP contribution in [0.15, 0.2) is 36.4 Å². The first-order valence-electron chi connectivity index (χ1n) is 5.01. The molecule has 0 saturated heterocycles. The number of rotatable bonds is 2. The average molecular weight is 283 g/mol. The van der Waals surface area contributed by atoms with E-state index in [2.05, 4.69) is 0 Å². The van der Waals surface area contributed by atoms with Crippen LogP contribution in [0.1, 0.15) is 10.4 Å². The van der Waals surface area contributed by atoms with Crippen LogP contribution >= 0.6 is 23.2 Å². The molecule has 0 aliphatic rings. The van der Waals surface area contributed by atoms with Crippen LogP contribution in [0.5, 0.6) is 5.75 Å². The highest BCUT2D eigenvalue weighted by Gasteiger charge is 2.11. The van der Waals surface area contributed by atoms with E-state index in [1.54, 1.807) is 18.2 Å². The van der Waals surface area contributed by atoms with E-state index in [0.29, 0.717) is 21.2 Å². The molecular formula is C13H8Cl2O3. The number of aromatic carboxylic acids is 1. The van der Waals surface area contributed by atoms with Crippen LogP contribution < -0.4 is 0 Å². The lowest BCUT2D eigenvalue weighted by atomic mass is 10.0. The Morgan fingerprint density at radius 3 is 2.22 bits per heavy atom. The van der Waals surface area contributed by atoms with Gasteiger partial charge in [-0.3, -0.25) is 0 Å². The van der Waals surface area contributed by atoms with E-state index in [0.717, 1.165) is 0 Å². The number of carbonyl (C=O) groups is 1. The van der Waals surface area contributed by atoms with E-state index in [1.165, 1.54) is 18.2 Å². The highest BCUT2D eigenvalue weighted by molar-refractivity contribution is 6.36. The summed E-state index contributed by atoms with van der Waals surface area (Å²) in [5.74, 6) is -1.24. The van der Waals surface area contributed by atoms with E-state index in [4.69, 9.17) is 28.3 Å². The molecule has 0 radical (unpaired) electrons. The average Bonchev–Trinajstić information content (AvgIpc) is 2.30. The summed E-state index contributed by atoms with van der Waals surface area (Å²) in [4.78, 5) is 10.8. The highest BCUT2D eigenvalue weighted by atomic mass is 35.5. The summed E-state index contributed by atoms with van der Waals surface area (Å²) in [6.45, 7) is 0. The summed E-state index contributed by atoms with van der Waals surface area (Å²) in [6, 6.07) is 8.97. The number of carboxylic acids is 1. The minimum absolute atomic E-state index is 0.0151. The van der Waals surface area contributed by atoms with Crippen molar-refractivity contribution in [1.29, 1.82) is 0 Å². The third-order valence-corrected chi connectivity index (χ3v) is 3.01. The van der Waals surface area contributed by atoms with E-state index in [-0.39, 0.29) is 11.3 Å². The van der Waals surface area contributed by atoms with Crippen molar-refractivity contribution in [2.24, 2.45) is 0 Å². The lowest BCUT2D eigenvalue weighted by molar-refractivity contribution is 0.0696. The number of carboxylic acid groups (broad SMARTS) is 1. The number of halogens is 2. The first kappa shape index (κ1) is 12.7. The second-order valence-electron chi connectivity index (χ2n) is 3.66. The van der Waals surface area contributed by atoms with Crippen molar-refractivity contribution in [3.8, 4) is 16.9 Å². The fourth-order valence-electron chi connectivity index (χ4n) is 1.60. The molecule has 92 valence electrons. The Morgan fingerprint density at radius 2 is 1.67 bits per heavy atom. The molecular weight excluding hydrogens is 275 g/mol. The smallest absolute Gasteiger partial charge is 0.335 e. The molecule has 0 aliphatic carbocycles. The summed E-state index contributed by atoms with van der Waals surface area (Å²) in [6.07, 6.45) is 0. The second kappa shape index (κ2) is 4.88. The quantitative estimate of drug-likeness (QED) is 0.873. The number of hydrogen-bond acceptors (Lipinski definition) is 2. The van der Waals surface area contributed by atoms with E-state index in [9.17, 15) is 9.90 Å². The van der Waals surface area contributed by atoms with E-state index < -0.39 is 5.97 Å². The normalized spacial score (nSPS) is 10.3. The maximum atomic E-state index is 10.8. The number of hydrogen-bond donors (Lipinski definition) is 2. The van der Waals surface area contributed by atoms with E-state index >= 15 is 0 Å². The van der Waals surface area contributed by atoms with Crippen LogP contribution in [0.25, 0.3) is 11.1 Å². The van der Waals surface area contributed by atoms with Gasteiger partial charge in [0.2, 0.25) is 0 Å². The van der Waals surface area contributed by atoms with Crippen LogP contribution in [-0.2, 0) is 0 Å². The van der Waals surface area contributed by atoms with Gasteiger partial charge >= 0.3 is 5.97 Å². The number of phenolic OH excluding ortho intramolecular Hbond substituents is 1. The van der Waals surface area contributed by atoms with Crippen molar-refractivity contribution in [3.05, 3.63) is 52.0 Å². The molecule has 0 heterocycles. The zero-order chi connectivity index (χ0) is 13.3. The van der Waals surface area contributed by atoms with Crippen molar-refractivity contribution in [2.45, 2.75) is 0 Å². The Bertz CT molecular complexity index is 624. The summed E-state index contributed by atoms with van der Waals surface area (Å²) in [7, 11) is 0. The molecule has 0 saturated carbocycles. The monoisotopic (exact) mass is 282 g/mol. The molecule has 18 heavy (non-hydrogen) atoms. The van der Waals surface area contributed by atoms with Crippen LogP contribution in [-0.4, -0.2) is 16.2 Å². The number of benzene rings is 2. The Labute approximate surface area is 113 Å². The second-order valence-corrected chi connectivity index (χ2v) is 4.50. The molecule has 2 aromatic rings. The predicted octanol–water partition coefficient (Wildman–Crippen LogP) is 4.06. The molecule has 0 bridgehead atoms. The van der Waals surface area contributed by atoms with Gasteiger partial charge in [-0.25, -0.2) is 4.79 Å². The van der Waals surface area contributed by atoms with Gasteiger partial charge in [0.15, 0.2) is 0 Å². The molecule has 5 heteroatoms. The third-order valence-electron chi connectivity index (χ3n) is 2.47. The molecule has 0 amide bonds. The summed E-state index contributed by atoms with van der Waals surface area (Å²) in [5.41, 5.74) is 1.07. The number of phenols is 1. The third kappa shape index (κ3) is 2.42. The van der Waals surface area contributed by atoms with Crippen molar-refractivity contribution in [3.63, 3.8) is 0 Å². The Hall–Kier alpha value is -1.71. The topological polar surface area (TPSA) is 57.5 Å². The van der Waals surface area contributed by atoms with Gasteiger partial charge in [0.1, 0.15) is 5.75 Å². The van der Waals surface area contributed by atoms with Gasteiger partial charge < -0.3 is 10.2 Å². The lowest BCUT2D eigenvalue weighted by Crippen LogP contribution is -1.95. The van der Waals surface area contributed by atoms with Crippen molar-refractivity contribution < 1.29 is 15.0 Å². The minimum atomic E-state index is -1.10. The lowest BCUT2D eigenvalue weighted by Gasteiger charge is -2.08. The Kier molecular flexibility index (Phi) is 3.45. The zero-order valence-electron chi connectivity index (χ0n) is 9.02. The first-order chi connectivity index (χ1) is 8.49. The Morgan fingerprint density at radius 1 is 1.00 bits per heavy atom. The fourth-order valence-corrected chi connectivity index (χ4v) is 2.11. The van der Waals surface area contributed by atoms with E-state index in [1.807, 2.05) is 0 Å².